The van der Waals surface area contributed by atoms with Gasteiger partial charge in [0.25, 0.3) is 0 Å². The molecule has 2 aromatic rings. The summed E-state index contributed by atoms with van der Waals surface area (Å²) in [6.07, 6.45) is -8.39. The van der Waals surface area contributed by atoms with Gasteiger partial charge in [0, 0.05) is 5.92 Å². The molecule has 3 heterocycles. The van der Waals surface area contributed by atoms with E-state index in [9.17, 15) is 30.6 Å². The van der Waals surface area contributed by atoms with Crippen LogP contribution in [0.5, 0.6) is 23.0 Å². The summed E-state index contributed by atoms with van der Waals surface area (Å²) in [4.78, 5) is 0. The normalized spacial score (nSPS) is 36.6. The number of rotatable bonds is 7. The number of benzene rings is 2. The summed E-state index contributed by atoms with van der Waals surface area (Å²) in [6, 6.07) is 9.75. The fourth-order valence-electron chi connectivity index (χ4n) is 5.37. The van der Waals surface area contributed by atoms with Crippen LogP contribution in [0.4, 0.5) is 0 Å². The predicted molar refractivity (Wildman–Crippen MR) is 128 cm³/mol. The summed E-state index contributed by atoms with van der Waals surface area (Å²) in [5.41, 5.74) is -0.00769. The van der Waals surface area contributed by atoms with Crippen LogP contribution in [0.15, 0.2) is 36.4 Å². The Morgan fingerprint density at radius 2 is 1.61 bits per heavy atom. The van der Waals surface area contributed by atoms with Gasteiger partial charge in [-0.15, -0.1) is 0 Å². The van der Waals surface area contributed by atoms with Crippen LogP contribution in [-0.4, -0.2) is 101 Å². The molecule has 12 nitrogen and oxygen atoms in total. The third kappa shape index (κ3) is 4.46. The predicted octanol–water partition coefficient (Wildman–Crippen LogP) is -0.222. The maximum absolute atomic E-state index is 11.7. The lowest BCUT2D eigenvalue weighted by Gasteiger charge is -2.39. The van der Waals surface area contributed by atoms with E-state index in [0.717, 1.165) is 5.56 Å². The average Bonchev–Trinajstić information content (AvgIpc) is 3.43. The first-order valence-electron chi connectivity index (χ1n) is 12.2. The highest BCUT2D eigenvalue weighted by Crippen LogP contribution is 2.54. The van der Waals surface area contributed by atoms with Gasteiger partial charge < -0.3 is 59.1 Å². The zero-order chi connectivity index (χ0) is 27.2. The smallest absolute Gasteiger partial charge is 0.229 e. The Hall–Kier alpha value is -2.68. The summed E-state index contributed by atoms with van der Waals surface area (Å²) in [6.45, 7) is -0.346. The number of ether oxygens (including phenoxy) is 6. The first-order chi connectivity index (χ1) is 18.2. The van der Waals surface area contributed by atoms with Crippen molar-refractivity contribution in [2.24, 2.45) is 5.92 Å². The van der Waals surface area contributed by atoms with E-state index >= 15 is 0 Å². The summed E-state index contributed by atoms with van der Waals surface area (Å²) in [7, 11) is 2.87. The van der Waals surface area contributed by atoms with E-state index in [-0.39, 0.29) is 30.5 Å². The molecular weight excluding hydrogens is 504 g/mol. The van der Waals surface area contributed by atoms with Crippen molar-refractivity contribution in [3.63, 3.8) is 0 Å². The molecule has 9 atom stereocenters. The van der Waals surface area contributed by atoms with Gasteiger partial charge in [-0.25, -0.2) is 0 Å². The largest absolute Gasteiger partial charge is 0.504 e. The summed E-state index contributed by atoms with van der Waals surface area (Å²) in [5, 5.41) is 61.3. The molecule has 3 aliphatic rings. The Labute approximate surface area is 218 Å². The van der Waals surface area contributed by atoms with Crippen molar-refractivity contribution < 1.29 is 59.1 Å². The molecule has 12 heteroatoms. The molecule has 0 saturated carbocycles. The lowest BCUT2D eigenvalue weighted by Crippen LogP contribution is -2.60. The molecule has 0 spiro atoms. The van der Waals surface area contributed by atoms with Crippen LogP contribution in [0.1, 0.15) is 23.3 Å². The molecule has 208 valence electrons. The van der Waals surface area contributed by atoms with E-state index in [2.05, 4.69) is 0 Å². The highest BCUT2D eigenvalue weighted by molar-refractivity contribution is 5.46. The second-order valence-electron chi connectivity index (χ2n) is 9.70. The van der Waals surface area contributed by atoms with Crippen LogP contribution in [0, 0.1) is 5.92 Å². The zero-order valence-electron chi connectivity index (χ0n) is 20.8. The molecule has 3 saturated heterocycles. The highest BCUT2D eigenvalue weighted by Gasteiger charge is 2.59. The maximum atomic E-state index is 11.7. The third-order valence-electron chi connectivity index (χ3n) is 7.51. The second-order valence-corrected chi connectivity index (χ2v) is 9.70. The monoisotopic (exact) mass is 536 g/mol. The van der Waals surface area contributed by atoms with E-state index in [4.69, 9.17) is 28.4 Å². The van der Waals surface area contributed by atoms with E-state index in [1.807, 2.05) is 0 Å². The minimum absolute atomic E-state index is 0.00294. The Bertz CT molecular complexity index is 1140. The van der Waals surface area contributed by atoms with Crippen LogP contribution in [-0.2, 0) is 14.2 Å². The molecule has 0 bridgehead atoms. The van der Waals surface area contributed by atoms with E-state index in [1.165, 1.54) is 20.3 Å². The fourth-order valence-corrected chi connectivity index (χ4v) is 5.37. The van der Waals surface area contributed by atoms with Gasteiger partial charge in [-0.1, -0.05) is 12.1 Å². The van der Waals surface area contributed by atoms with Gasteiger partial charge in [0.2, 0.25) is 6.29 Å². The minimum Gasteiger partial charge on any atom is -0.504 e. The molecule has 0 aromatic heterocycles. The van der Waals surface area contributed by atoms with E-state index in [1.54, 1.807) is 30.3 Å². The van der Waals surface area contributed by atoms with Crippen molar-refractivity contribution in [3.05, 3.63) is 47.5 Å². The molecule has 0 radical (unpaired) electrons. The van der Waals surface area contributed by atoms with Crippen molar-refractivity contribution in [2.45, 2.75) is 48.5 Å². The summed E-state index contributed by atoms with van der Waals surface area (Å²) < 4.78 is 33.9. The SMILES string of the molecule is COc1cc(C2OCC3(O)C(c4ccc(O[C@@H]5O[C@H](CO)[C@@H](O)[C@H](O)[C@H]5O)c(OC)c4)OCC23)ccc1O. The Morgan fingerprint density at radius 3 is 2.32 bits per heavy atom. The van der Waals surface area contributed by atoms with Crippen LogP contribution < -0.4 is 14.2 Å². The maximum Gasteiger partial charge on any atom is 0.229 e. The Kier molecular flexibility index (Phi) is 7.42. The number of aliphatic hydroxyl groups excluding tert-OH is 4. The molecule has 5 rings (SSSR count). The van der Waals surface area contributed by atoms with Crippen LogP contribution in [0.25, 0.3) is 0 Å². The van der Waals surface area contributed by atoms with Crippen molar-refractivity contribution >= 4 is 0 Å². The van der Waals surface area contributed by atoms with Crippen LogP contribution in [0.3, 0.4) is 0 Å². The number of phenols is 1. The lowest BCUT2D eigenvalue weighted by atomic mass is 9.81. The molecule has 3 fully saturated rings. The van der Waals surface area contributed by atoms with Crippen molar-refractivity contribution in [3.8, 4) is 23.0 Å². The molecule has 3 aliphatic heterocycles. The van der Waals surface area contributed by atoms with E-state index in [0.29, 0.717) is 11.3 Å². The lowest BCUT2D eigenvalue weighted by molar-refractivity contribution is -0.277. The van der Waals surface area contributed by atoms with Gasteiger partial charge in [0.1, 0.15) is 36.1 Å². The van der Waals surface area contributed by atoms with Crippen molar-refractivity contribution in [2.75, 3.05) is 34.0 Å². The molecular formula is C26H32O12. The first-order valence-corrected chi connectivity index (χ1v) is 12.2. The van der Waals surface area contributed by atoms with Gasteiger partial charge in [0.15, 0.2) is 23.0 Å². The number of hydrogen-bond acceptors (Lipinski definition) is 12. The Balaban J connectivity index is 1.36. The molecule has 2 aromatic carbocycles. The van der Waals surface area contributed by atoms with Gasteiger partial charge >= 0.3 is 0 Å². The van der Waals surface area contributed by atoms with Gasteiger partial charge in [-0.05, 0) is 35.4 Å². The number of phenolic OH excluding ortho intramolecular Hbond substituents is 1. The van der Waals surface area contributed by atoms with Gasteiger partial charge in [-0.2, -0.15) is 0 Å². The molecule has 38 heavy (non-hydrogen) atoms. The third-order valence-corrected chi connectivity index (χ3v) is 7.51. The zero-order valence-corrected chi connectivity index (χ0v) is 20.8. The Morgan fingerprint density at radius 1 is 0.895 bits per heavy atom. The highest BCUT2D eigenvalue weighted by atomic mass is 16.7. The topological polar surface area (TPSA) is 177 Å². The van der Waals surface area contributed by atoms with Crippen molar-refractivity contribution in [1.82, 2.24) is 0 Å². The quantitative estimate of drug-likeness (QED) is 0.275. The first kappa shape index (κ1) is 26.9. The second kappa shape index (κ2) is 10.5. The fraction of sp³-hybridized carbons (Fsp3) is 0.538. The number of fused-ring (bicyclic) bond motifs is 1. The number of aromatic hydroxyl groups is 1. The van der Waals surface area contributed by atoms with E-state index < -0.39 is 61.0 Å². The summed E-state index contributed by atoms with van der Waals surface area (Å²) >= 11 is 0. The van der Waals surface area contributed by atoms with Gasteiger partial charge in [0.05, 0.1) is 40.1 Å². The standard InChI is InChI=1S/C26H32O12/c1-33-17-7-12(3-5-15(17)28)23-14-10-35-24(26(14,32)11-36-23)13-4-6-16(18(8-13)34-2)37-25-22(31)21(30)20(29)19(9-27)38-25/h3-8,14,19-25,27-32H,9-11H2,1-2H3/t14?,19-,20-,21+,22-,23?,24?,25-,26?/m1/s1. The summed E-state index contributed by atoms with van der Waals surface area (Å²) in [5.74, 6) is 0.324. The number of methoxy groups -OCH3 is 2. The van der Waals surface area contributed by atoms with Gasteiger partial charge in [-0.3, -0.25) is 0 Å². The average molecular weight is 537 g/mol. The minimum atomic E-state index is -1.59. The molecule has 0 aliphatic carbocycles. The van der Waals surface area contributed by atoms with Crippen LogP contribution >= 0.6 is 0 Å². The molecule has 4 unspecified atom stereocenters. The molecule has 0 amide bonds. The number of aliphatic hydroxyl groups is 5. The molecule has 6 N–H and O–H groups in total. The number of hydrogen-bond donors (Lipinski definition) is 6. The van der Waals surface area contributed by atoms with Crippen LogP contribution in [0.2, 0.25) is 0 Å². The van der Waals surface area contributed by atoms with Crippen molar-refractivity contribution in [1.29, 1.82) is 0 Å².